The lowest BCUT2D eigenvalue weighted by atomic mass is 10.0. The Balaban J connectivity index is 1.65. The van der Waals surface area contributed by atoms with Gasteiger partial charge in [0, 0.05) is 10.0 Å². The van der Waals surface area contributed by atoms with Crippen molar-refractivity contribution in [3.05, 3.63) is 93.0 Å². The van der Waals surface area contributed by atoms with Gasteiger partial charge in [0.05, 0.1) is 11.8 Å². The molecule has 3 aromatic carbocycles. The first-order valence-electron chi connectivity index (χ1n) is 10.9. The van der Waals surface area contributed by atoms with Crippen molar-refractivity contribution in [3.63, 3.8) is 0 Å². The fourth-order valence-corrected chi connectivity index (χ4v) is 3.64. The van der Waals surface area contributed by atoms with Gasteiger partial charge in [-0.2, -0.15) is 5.10 Å². The summed E-state index contributed by atoms with van der Waals surface area (Å²) in [6, 6.07) is 18.3. The maximum Gasteiger partial charge on any atom is 0.343 e. The van der Waals surface area contributed by atoms with Crippen LogP contribution in [0.5, 0.6) is 11.5 Å². The van der Waals surface area contributed by atoms with Gasteiger partial charge in [-0.05, 0) is 66.8 Å². The second kappa shape index (κ2) is 11.6. The van der Waals surface area contributed by atoms with Crippen LogP contribution < -0.4 is 14.9 Å². The molecule has 0 spiro atoms. The van der Waals surface area contributed by atoms with Crippen LogP contribution in [-0.2, 0) is 4.79 Å². The largest absolute Gasteiger partial charge is 0.483 e. The standard InChI is InChI=1S/C27H27BrN2O4/c1-17(2)22-11-9-18(3)13-25(22)33-16-26(31)30-29-15-20-14-21(28)10-12-24(20)34-27(32)23-8-6-5-7-19(23)4/h5-15,17H,16H2,1-4H3,(H,30,31)/b29-15-. The van der Waals surface area contributed by atoms with E-state index in [1.54, 1.807) is 30.3 Å². The van der Waals surface area contributed by atoms with Gasteiger partial charge < -0.3 is 9.47 Å². The zero-order valence-electron chi connectivity index (χ0n) is 19.6. The Kier molecular flexibility index (Phi) is 8.60. The van der Waals surface area contributed by atoms with Gasteiger partial charge in [0.15, 0.2) is 6.61 Å². The van der Waals surface area contributed by atoms with Crippen LogP contribution in [0.4, 0.5) is 0 Å². The van der Waals surface area contributed by atoms with E-state index in [4.69, 9.17) is 9.47 Å². The molecule has 0 bridgehead atoms. The Labute approximate surface area is 208 Å². The molecule has 1 amide bonds. The van der Waals surface area contributed by atoms with Crippen molar-refractivity contribution in [1.82, 2.24) is 5.43 Å². The summed E-state index contributed by atoms with van der Waals surface area (Å²) in [6.07, 6.45) is 1.43. The number of amides is 1. The maximum absolute atomic E-state index is 12.6. The Bertz CT molecular complexity index is 1220. The zero-order chi connectivity index (χ0) is 24.7. The first kappa shape index (κ1) is 25.2. The number of carbonyl (C=O) groups is 2. The molecule has 0 saturated heterocycles. The molecule has 176 valence electrons. The molecule has 0 aliphatic rings. The number of hydrogen-bond acceptors (Lipinski definition) is 5. The minimum Gasteiger partial charge on any atom is -0.483 e. The Morgan fingerprint density at radius 1 is 1.03 bits per heavy atom. The predicted molar refractivity (Wildman–Crippen MR) is 137 cm³/mol. The molecule has 0 radical (unpaired) electrons. The van der Waals surface area contributed by atoms with E-state index in [-0.39, 0.29) is 12.5 Å². The number of halogens is 1. The number of carbonyl (C=O) groups excluding carboxylic acids is 2. The first-order valence-corrected chi connectivity index (χ1v) is 11.7. The topological polar surface area (TPSA) is 77.0 Å². The summed E-state index contributed by atoms with van der Waals surface area (Å²) in [7, 11) is 0. The average Bonchev–Trinajstić information content (AvgIpc) is 2.79. The molecule has 0 aromatic heterocycles. The predicted octanol–water partition coefficient (Wildman–Crippen LogP) is 5.94. The molecule has 0 atom stereocenters. The summed E-state index contributed by atoms with van der Waals surface area (Å²) in [5, 5.41) is 4.01. The van der Waals surface area contributed by atoms with Crippen molar-refractivity contribution in [2.45, 2.75) is 33.6 Å². The van der Waals surface area contributed by atoms with Crippen molar-refractivity contribution >= 4 is 34.0 Å². The molecule has 0 unspecified atom stereocenters. The number of esters is 1. The van der Waals surface area contributed by atoms with Crippen LogP contribution in [0.15, 0.2) is 70.2 Å². The van der Waals surface area contributed by atoms with Gasteiger partial charge in [-0.3, -0.25) is 4.79 Å². The van der Waals surface area contributed by atoms with Crippen LogP contribution in [0.2, 0.25) is 0 Å². The molecule has 0 saturated carbocycles. The second-order valence-electron chi connectivity index (χ2n) is 8.16. The first-order chi connectivity index (χ1) is 16.2. The Morgan fingerprint density at radius 3 is 2.53 bits per heavy atom. The third-order valence-electron chi connectivity index (χ3n) is 5.08. The molecule has 6 nitrogen and oxygen atoms in total. The fourth-order valence-electron chi connectivity index (χ4n) is 3.26. The molecule has 0 heterocycles. The zero-order valence-corrected chi connectivity index (χ0v) is 21.2. The van der Waals surface area contributed by atoms with E-state index < -0.39 is 11.9 Å². The SMILES string of the molecule is Cc1ccc(C(C)C)c(OCC(=O)N/N=C\c2cc(Br)ccc2OC(=O)c2ccccc2C)c1. The third kappa shape index (κ3) is 6.78. The lowest BCUT2D eigenvalue weighted by molar-refractivity contribution is -0.123. The van der Waals surface area contributed by atoms with Gasteiger partial charge in [0.1, 0.15) is 11.5 Å². The van der Waals surface area contributed by atoms with Crippen LogP contribution in [0, 0.1) is 13.8 Å². The van der Waals surface area contributed by atoms with E-state index in [0.717, 1.165) is 21.2 Å². The molecule has 1 N–H and O–H groups in total. The lowest BCUT2D eigenvalue weighted by Gasteiger charge is -2.14. The number of nitrogens with one attached hydrogen (secondary N) is 1. The van der Waals surface area contributed by atoms with E-state index in [1.807, 2.05) is 44.2 Å². The van der Waals surface area contributed by atoms with Gasteiger partial charge in [-0.25, -0.2) is 10.2 Å². The molecule has 3 rings (SSSR count). The van der Waals surface area contributed by atoms with Gasteiger partial charge in [0.2, 0.25) is 0 Å². The van der Waals surface area contributed by atoms with Gasteiger partial charge >= 0.3 is 5.97 Å². The van der Waals surface area contributed by atoms with Crippen molar-refractivity contribution in [2.24, 2.45) is 5.10 Å². The molecule has 7 heteroatoms. The quantitative estimate of drug-likeness (QED) is 0.172. The van der Waals surface area contributed by atoms with Crippen LogP contribution in [0.1, 0.15) is 52.4 Å². The highest BCUT2D eigenvalue weighted by Crippen LogP contribution is 2.27. The van der Waals surface area contributed by atoms with Gasteiger partial charge in [-0.1, -0.05) is 60.1 Å². The number of ether oxygens (including phenoxy) is 2. The molecular formula is C27H27BrN2O4. The fraction of sp³-hybridized carbons (Fsp3) is 0.222. The summed E-state index contributed by atoms with van der Waals surface area (Å²) >= 11 is 3.41. The molecule has 34 heavy (non-hydrogen) atoms. The number of hydrazone groups is 1. The number of nitrogens with zero attached hydrogens (tertiary/aromatic N) is 1. The smallest absolute Gasteiger partial charge is 0.343 e. The molecule has 0 fully saturated rings. The molecule has 0 aliphatic carbocycles. The number of benzene rings is 3. The van der Waals surface area contributed by atoms with E-state index in [0.29, 0.717) is 22.6 Å². The highest BCUT2D eigenvalue weighted by Gasteiger charge is 2.14. The molecule has 3 aromatic rings. The van der Waals surface area contributed by atoms with Gasteiger partial charge in [-0.15, -0.1) is 0 Å². The Hall–Kier alpha value is -3.45. The maximum atomic E-state index is 12.6. The summed E-state index contributed by atoms with van der Waals surface area (Å²) in [5.74, 6) is 0.417. The minimum atomic E-state index is -0.466. The summed E-state index contributed by atoms with van der Waals surface area (Å²) in [6.45, 7) is 7.79. The van der Waals surface area contributed by atoms with Crippen LogP contribution >= 0.6 is 15.9 Å². The van der Waals surface area contributed by atoms with Crippen molar-refractivity contribution in [2.75, 3.05) is 6.61 Å². The van der Waals surface area contributed by atoms with Crippen LogP contribution in [-0.4, -0.2) is 24.7 Å². The van der Waals surface area contributed by atoms with Crippen molar-refractivity contribution in [1.29, 1.82) is 0 Å². The molecule has 0 aliphatic heterocycles. The number of hydrogen-bond donors (Lipinski definition) is 1. The highest BCUT2D eigenvalue weighted by atomic mass is 79.9. The van der Waals surface area contributed by atoms with E-state index in [1.165, 1.54) is 6.21 Å². The molecular weight excluding hydrogens is 496 g/mol. The third-order valence-corrected chi connectivity index (χ3v) is 5.58. The summed E-state index contributed by atoms with van der Waals surface area (Å²) in [4.78, 5) is 24.9. The second-order valence-corrected chi connectivity index (χ2v) is 9.08. The van der Waals surface area contributed by atoms with Crippen molar-refractivity contribution in [3.8, 4) is 11.5 Å². The summed E-state index contributed by atoms with van der Waals surface area (Å²) < 4.78 is 12.1. The number of aryl methyl sites for hydroxylation is 2. The van der Waals surface area contributed by atoms with E-state index in [9.17, 15) is 9.59 Å². The van der Waals surface area contributed by atoms with E-state index in [2.05, 4.69) is 40.3 Å². The highest BCUT2D eigenvalue weighted by molar-refractivity contribution is 9.10. The Morgan fingerprint density at radius 2 is 1.79 bits per heavy atom. The van der Waals surface area contributed by atoms with Crippen LogP contribution in [0.25, 0.3) is 0 Å². The lowest BCUT2D eigenvalue weighted by Crippen LogP contribution is -2.25. The van der Waals surface area contributed by atoms with E-state index >= 15 is 0 Å². The van der Waals surface area contributed by atoms with Gasteiger partial charge in [0.25, 0.3) is 5.91 Å². The average molecular weight is 523 g/mol. The normalized spacial score (nSPS) is 11.0. The number of rotatable bonds is 8. The minimum absolute atomic E-state index is 0.172. The summed E-state index contributed by atoms with van der Waals surface area (Å²) in [5.41, 5.74) is 6.38. The van der Waals surface area contributed by atoms with Crippen LogP contribution in [0.3, 0.4) is 0 Å². The van der Waals surface area contributed by atoms with Crippen molar-refractivity contribution < 1.29 is 19.1 Å². The monoisotopic (exact) mass is 522 g/mol.